The van der Waals surface area contributed by atoms with Crippen molar-refractivity contribution in [3.63, 3.8) is 0 Å². The molecule has 0 atom stereocenters. The summed E-state index contributed by atoms with van der Waals surface area (Å²) in [6, 6.07) is 0. The molecule has 3 nitrogen and oxygen atoms in total. The molecule has 0 saturated carbocycles. The number of rotatable bonds is 2. The zero-order valence-corrected chi connectivity index (χ0v) is 4.81. The van der Waals surface area contributed by atoms with Crippen molar-refractivity contribution >= 4 is 8.70 Å². The summed E-state index contributed by atoms with van der Waals surface area (Å²) < 4.78 is 0. The van der Waals surface area contributed by atoms with Gasteiger partial charge in [-0.3, -0.25) is 0 Å². The van der Waals surface area contributed by atoms with Crippen molar-refractivity contribution in [3.05, 3.63) is 5.21 Å². The molecule has 0 amide bonds. The number of hydroxylamine groups is 2. The van der Waals surface area contributed by atoms with Gasteiger partial charge in [0.25, 0.3) is 0 Å². The van der Waals surface area contributed by atoms with E-state index in [2.05, 4.69) is 19.2 Å². The van der Waals surface area contributed by atoms with Crippen LogP contribution in [0.15, 0.2) is 0 Å². The molecule has 0 N–H and O–H groups in total. The Kier molecular flexibility index (Phi) is 4.31. The first-order chi connectivity index (χ1) is 3.31. The fourth-order valence-electron chi connectivity index (χ4n) is 0.122. The average molecular weight is 118 g/mol. The Morgan fingerprint density at radius 2 is 2.57 bits per heavy atom. The Morgan fingerprint density at radius 1 is 2.00 bits per heavy atom. The van der Waals surface area contributed by atoms with Gasteiger partial charge in [0.1, 0.15) is 0 Å². The van der Waals surface area contributed by atoms with Crippen LogP contribution in [-0.2, 0) is 4.84 Å². The summed E-state index contributed by atoms with van der Waals surface area (Å²) >= 11 is 0. The van der Waals surface area contributed by atoms with Gasteiger partial charge in [0.2, 0.25) is 0 Å². The summed E-state index contributed by atoms with van der Waals surface area (Å²) in [5, 5.41) is 10.4. The van der Waals surface area contributed by atoms with Crippen molar-refractivity contribution in [3.8, 4) is 5.63 Å². The molecule has 0 fully saturated rings. The van der Waals surface area contributed by atoms with E-state index in [1.165, 1.54) is 7.11 Å². The van der Waals surface area contributed by atoms with Gasteiger partial charge >= 0.3 is 43.2 Å². The zero-order chi connectivity index (χ0) is 5.70. The predicted molar refractivity (Wildman–Crippen MR) is 27.9 cm³/mol. The molecule has 0 saturated heterocycles. The van der Waals surface area contributed by atoms with Crippen LogP contribution in [0.5, 0.6) is 0 Å². The van der Waals surface area contributed by atoms with Gasteiger partial charge in [0.05, 0.1) is 0 Å². The molecular formula is C3H5NO2P-. The molecule has 0 aromatic rings. The van der Waals surface area contributed by atoms with E-state index in [4.69, 9.17) is 0 Å². The van der Waals surface area contributed by atoms with Crippen LogP contribution in [0.3, 0.4) is 0 Å². The SMILES string of the molecule is CON([O-])CC#P. The van der Waals surface area contributed by atoms with Gasteiger partial charge < -0.3 is 0 Å². The minimum atomic E-state index is 0.0691. The Labute approximate surface area is 44.3 Å². The van der Waals surface area contributed by atoms with Gasteiger partial charge in [-0.1, -0.05) is 0 Å². The molecule has 0 aromatic heterocycles. The molecule has 0 bridgehead atoms. The van der Waals surface area contributed by atoms with Crippen molar-refractivity contribution in [2.45, 2.75) is 0 Å². The summed E-state index contributed by atoms with van der Waals surface area (Å²) in [5.41, 5.74) is 2.30. The van der Waals surface area contributed by atoms with E-state index in [1.807, 2.05) is 0 Å². The van der Waals surface area contributed by atoms with E-state index in [-0.39, 0.29) is 6.54 Å². The Hall–Kier alpha value is 0.0900. The van der Waals surface area contributed by atoms with Crippen LogP contribution in [-0.4, -0.2) is 18.9 Å². The summed E-state index contributed by atoms with van der Waals surface area (Å²) in [7, 11) is 4.83. The molecule has 0 aliphatic carbocycles. The first-order valence-electron chi connectivity index (χ1n) is 1.67. The average Bonchev–Trinajstić information content (AvgIpc) is 1.68. The molecule has 0 aromatic carbocycles. The van der Waals surface area contributed by atoms with E-state index in [9.17, 15) is 5.21 Å². The molecule has 0 heterocycles. The van der Waals surface area contributed by atoms with E-state index in [1.54, 1.807) is 0 Å². The molecular weight excluding hydrogens is 113 g/mol. The first-order valence-corrected chi connectivity index (χ1v) is 2.11. The zero-order valence-electron chi connectivity index (χ0n) is 3.92. The van der Waals surface area contributed by atoms with E-state index < -0.39 is 0 Å². The van der Waals surface area contributed by atoms with Crippen molar-refractivity contribution in [2.24, 2.45) is 0 Å². The molecule has 0 radical (unpaired) electrons. The van der Waals surface area contributed by atoms with Crippen LogP contribution < -0.4 is 0 Å². The second-order valence-electron chi connectivity index (χ2n) is 0.832. The Bertz CT molecular complexity index is 79.5. The maximum absolute atomic E-state index is 9.99. The third-order valence-corrected chi connectivity index (χ3v) is 0.545. The van der Waals surface area contributed by atoms with Crippen LogP contribution >= 0.6 is 8.70 Å². The molecule has 0 spiro atoms. The molecule has 7 heavy (non-hydrogen) atoms. The molecule has 0 rings (SSSR count). The fourth-order valence-corrected chi connectivity index (χ4v) is 0.238. The van der Waals surface area contributed by atoms with Crippen LogP contribution in [0.2, 0.25) is 0 Å². The number of hydrogen-bond donors (Lipinski definition) is 0. The number of nitrogens with zero attached hydrogens (tertiary/aromatic N) is 1. The molecule has 0 aliphatic rings. The monoisotopic (exact) mass is 118 g/mol. The van der Waals surface area contributed by atoms with Crippen LogP contribution in [0, 0.1) is 10.8 Å². The first kappa shape index (κ1) is 7.09. The van der Waals surface area contributed by atoms with Crippen LogP contribution in [0.25, 0.3) is 0 Å². The van der Waals surface area contributed by atoms with Crippen molar-refractivity contribution in [1.29, 1.82) is 0 Å². The summed E-state index contributed by atoms with van der Waals surface area (Å²) in [4.78, 5) is 4.16. The summed E-state index contributed by atoms with van der Waals surface area (Å²) in [6.07, 6.45) is 0. The topological polar surface area (TPSA) is 35.5 Å². The van der Waals surface area contributed by atoms with Crippen molar-refractivity contribution in [2.75, 3.05) is 13.7 Å². The van der Waals surface area contributed by atoms with Gasteiger partial charge in [-0.15, -0.1) is 0 Å². The second-order valence-corrected chi connectivity index (χ2v) is 1.15. The maximum atomic E-state index is 9.99. The summed E-state index contributed by atoms with van der Waals surface area (Å²) in [5.74, 6) is 0. The van der Waals surface area contributed by atoms with Crippen LogP contribution in [0.4, 0.5) is 0 Å². The molecule has 0 aliphatic heterocycles. The normalized spacial score (nSPS) is 8.86. The van der Waals surface area contributed by atoms with Gasteiger partial charge in [-0.05, 0) is 0 Å². The molecule has 40 valence electrons. The number of hydrogen-bond acceptors (Lipinski definition) is 3. The van der Waals surface area contributed by atoms with E-state index in [0.29, 0.717) is 5.23 Å². The Morgan fingerprint density at radius 3 is 2.71 bits per heavy atom. The van der Waals surface area contributed by atoms with Gasteiger partial charge in [-0.25, -0.2) is 0 Å². The third kappa shape index (κ3) is 3.93. The van der Waals surface area contributed by atoms with Crippen LogP contribution in [0.1, 0.15) is 0 Å². The standard InChI is InChI=1S/C3H5NO2P/c1-6-4(5)2-3-7/h2H2,1H3/q-1. The van der Waals surface area contributed by atoms with E-state index in [0.717, 1.165) is 0 Å². The van der Waals surface area contributed by atoms with Crippen molar-refractivity contribution in [1.82, 2.24) is 5.23 Å². The molecule has 4 heteroatoms. The fraction of sp³-hybridized carbons (Fsp3) is 0.667. The third-order valence-electron chi connectivity index (χ3n) is 0.403. The quantitative estimate of drug-likeness (QED) is 0.395. The summed E-state index contributed by atoms with van der Waals surface area (Å²) in [6.45, 7) is 0.0691. The minimum absolute atomic E-state index is 0.0691. The van der Waals surface area contributed by atoms with Gasteiger partial charge in [0.15, 0.2) is 0 Å². The second kappa shape index (κ2) is 4.25. The molecule has 0 unspecified atom stereocenters. The van der Waals surface area contributed by atoms with Crippen molar-refractivity contribution < 1.29 is 4.84 Å². The Balaban J connectivity index is 3.03. The van der Waals surface area contributed by atoms with Gasteiger partial charge in [0, 0.05) is 0 Å². The predicted octanol–water partition coefficient (Wildman–Crippen LogP) is 0.717. The van der Waals surface area contributed by atoms with E-state index >= 15 is 0 Å². The van der Waals surface area contributed by atoms with Gasteiger partial charge in [-0.2, -0.15) is 0 Å².